The summed E-state index contributed by atoms with van der Waals surface area (Å²) in [5.41, 5.74) is 17.3. The predicted molar refractivity (Wildman–Crippen MR) is 225 cm³/mol. The molecule has 7 aromatic rings. The molecule has 5 nitrogen and oxygen atoms in total. The van der Waals surface area contributed by atoms with E-state index in [9.17, 15) is 50.4 Å². The zero-order chi connectivity index (χ0) is 46.4. The molecule has 0 saturated heterocycles. The monoisotopic (exact) mass is 978 g/mol. The Morgan fingerprint density at radius 1 is 0.317 bits per heavy atom. The van der Waals surface area contributed by atoms with E-state index < -0.39 is 15.6 Å². The summed E-state index contributed by atoms with van der Waals surface area (Å²) in [6.45, 7) is 12.9. The third-order valence-electron chi connectivity index (χ3n) is 8.23. The number of benzene rings is 2. The van der Waals surface area contributed by atoms with Gasteiger partial charge in [0.25, 0.3) is 0 Å². The Labute approximate surface area is 366 Å². The molecule has 0 bridgehead atoms. The van der Waals surface area contributed by atoms with Gasteiger partial charge in [-0.1, -0.05) is 65.7 Å². The minimum atomic E-state index is -10.7. The van der Waals surface area contributed by atoms with Crippen LogP contribution in [0.5, 0.6) is 0 Å². The first-order chi connectivity index (χ1) is 28.2. The first-order valence-corrected chi connectivity index (χ1v) is 22.3. The Hall–Kier alpha value is -5.27. The van der Waals surface area contributed by atoms with Gasteiger partial charge in [0.2, 0.25) is 0 Å². The summed E-state index contributed by atoms with van der Waals surface area (Å²) >= 11 is 0. The topological polar surface area (TPSA) is 64.5 Å². The van der Waals surface area contributed by atoms with E-state index in [1.807, 2.05) is 66.7 Å². The summed E-state index contributed by atoms with van der Waals surface area (Å²) in [7, 11) is -21.3. The van der Waals surface area contributed by atoms with Gasteiger partial charge in [0.1, 0.15) is 0 Å². The Morgan fingerprint density at radius 2 is 0.540 bits per heavy atom. The molecule has 63 heavy (non-hydrogen) atoms. The van der Waals surface area contributed by atoms with E-state index in [0.717, 1.165) is 45.6 Å². The maximum atomic E-state index is 9.87. The number of rotatable bonds is 5. The summed E-state index contributed by atoms with van der Waals surface area (Å²) in [5, 5.41) is 0. The first kappa shape index (κ1) is 52.1. The molecule has 5 heterocycles. The number of aryl methyl sites for hydroxylation is 6. The second-order valence-electron chi connectivity index (χ2n) is 14.1. The van der Waals surface area contributed by atoms with Gasteiger partial charge in [0.05, 0.1) is 45.6 Å². The average Bonchev–Trinajstić information content (AvgIpc) is 3.13. The van der Waals surface area contributed by atoms with Crippen molar-refractivity contribution in [2.75, 3.05) is 0 Å². The fourth-order valence-electron chi connectivity index (χ4n) is 6.35. The van der Waals surface area contributed by atoms with Crippen LogP contribution in [0.25, 0.3) is 56.7 Å². The van der Waals surface area contributed by atoms with Gasteiger partial charge in [0, 0.05) is 23.5 Å². The molecule has 7 rings (SSSR count). The minimum Gasteiger partial charge on any atom is -0.255 e. The average molecular weight is 979 g/mol. The Kier molecular flexibility index (Phi) is 14.9. The molecule has 0 aliphatic carbocycles. The van der Waals surface area contributed by atoms with E-state index in [4.69, 9.17) is 9.97 Å². The van der Waals surface area contributed by atoms with Crippen molar-refractivity contribution in [3.8, 4) is 56.7 Å². The predicted octanol–water partition coefficient (Wildman–Crippen LogP) is 17.3. The van der Waals surface area contributed by atoms with Gasteiger partial charge >= 0.3 is 83.0 Å². The van der Waals surface area contributed by atoms with Crippen LogP contribution in [-0.2, 0) is 17.1 Å². The molecule has 2 aromatic carbocycles. The zero-order valence-electron chi connectivity index (χ0n) is 34.1. The van der Waals surface area contributed by atoms with Crippen LogP contribution in [0.4, 0.5) is 50.4 Å². The van der Waals surface area contributed by atoms with Crippen molar-refractivity contribution >= 4 is 15.6 Å². The largest absolute Gasteiger partial charge is 2.00 e. The van der Waals surface area contributed by atoms with Crippen LogP contribution in [-0.4, -0.2) is 24.9 Å². The number of nitrogens with zero attached hydrogens (tertiary/aromatic N) is 5. The maximum absolute atomic E-state index is 10.7. The van der Waals surface area contributed by atoms with Crippen LogP contribution in [0.2, 0.25) is 0 Å². The molecule has 0 fully saturated rings. The molecule has 0 unspecified atom stereocenters. The normalized spacial score (nSPS) is 13.3. The SMILES string of the molecule is Cc1cc(C)c(-c2cccc(-c3cccc(-c4c(C)cc(C)cc4C)n3)n2)c(C)c1.F[P-](F)(F)(F)(F)F.F[P-](F)(F)(F)(F)F.[Cu+2].c1ccc(-c2cccc(-c3ccccn3)n2)nc1. The van der Waals surface area contributed by atoms with Crippen molar-refractivity contribution in [1.29, 1.82) is 0 Å². The van der Waals surface area contributed by atoms with Gasteiger partial charge in [-0.05, 0) is 124 Å². The molecular weight excluding hydrogens is 940 g/mol. The molecule has 5 aromatic heterocycles. The Balaban J connectivity index is 0.000000270. The van der Waals surface area contributed by atoms with E-state index in [1.165, 1.54) is 44.5 Å². The second-order valence-corrected chi connectivity index (χ2v) is 18.0. The van der Waals surface area contributed by atoms with Gasteiger partial charge in [-0.3, -0.25) is 9.97 Å². The van der Waals surface area contributed by atoms with Crippen LogP contribution >= 0.6 is 15.6 Å². The molecule has 0 saturated carbocycles. The fourth-order valence-corrected chi connectivity index (χ4v) is 6.35. The number of aromatic nitrogens is 5. The smallest absolute Gasteiger partial charge is 0.255 e. The van der Waals surface area contributed by atoms with Crippen molar-refractivity contribution in [1.82, 2.24) is 24.9 Å². The summed E-state index contributed by atoms with van der Waals surface area (Å²) in [6, 6.07) is 38.8. The first-order valence-electron chi connectivity index (χ1n) is 18.2. The molecular formula is C43H39CuF12N5P2. The second kappa shape index (κ2) is 18.1. The van der Waals surface area contributed by atoms with Gasteiger partial charge in [-0.25, -0.2) is 15.0 Å². The van der Waals surface area contributed by atoms with E-state index in [0.29, 0.717) is 0 Å². The third kappa shape index (κ3) is 19.8. The van der Waals surface area contributed by atoms with Gasteiger partial charge in [-0.2, -0.15) is 0 Å². The molecule has 0 aliphatic rings. The van der Waals surface area contributed by atoms with E-state index in [-0.39, 0.29) is 17.1 Å². The van der Waals surface area contributed by atoms with E-state index >= 15 is 0 Å². The third-order valence-corrected chi connectivity index (χ3v) is 8.23. The van der Waals surface area contributed by atoms with E-state index in [1.54, 1.807) is 12.4 Å². The van der Waals surface area contributed by atoms with Gasteiger partial charge in [0.15, 0.2) is 0 Å². The van der Waals surface area contributed by atoms with E-state index in [2.05, 4.69) is 105 Å². The van der Waals surface area contributed by atoms with Crippen LogP contribution in [0.15, 0.2) is 128 Å². The van der Waals surface area contributed by atoms with Crippen molar-refractivity contribution in [3.63, 3.8) is 0 Å². The van der Waals surface area contributed by atoms with Gasteiger partial charge in [-0.15, -0.1) is 0 Å². The summed E-state index contributed by atoms with van der Waals surface area (Å²) in [5.74, 6) is 0. The molecule has 341 valence electrons. The van der Waals surface area contributed by atoms with Crippen LogP contribution in [0.1, 0.15) is 33.4 Å². The molecule has 0 amide bonds. The fraction of sp³-hybridized carbons (Fsp3) is 0.140. The minimum absolute atomic E-state index is 0. The molecule has 20 heteroatoms. The van der Waals surface area contributed by atoms with Crippen molar-refractivity contribution in [2.24, 2.45) is 0 Å². The van der Waals surface area contributed by atoms with Crippen LogP contribution < -0.4 is 0 Å². The Morgan fingerprint density at radius 3 is 0.794 bits per heavy atom. The maximum Gasteiger partial charge on any atom is 2.00 e. The molecule has 1 radical (unpaired) electrons. The molecule has 0 N–H and O–H groups in total. The summed E-state index contributed by atoms with van der Waals surface area (Å²) in [4.78, 5) is 23.2. The number of hydrogen-bond donors (Lipinski definition) is 0. The van der Waals surface area contributed by atoms with Crippen molar-refractivity contribution in [2.45, 2.75) is 41.5 Å². The number of pyridine rings is 5. The zero-order valence-corrected chi connectivity index (χ0v) is 36.8. The summed E-state index contributed by atoms with van der Waals surface area (Å²) < 4.78 is 118. The van der Waals surface area contributed by atoms with Crippen LogP contribution in [0, 0.1) is 41.5 Å². The van der Waals surface area contributed by atoms with Crippen molar-refractivity contribution < 1.29 is 67.4 Å². The van der Waals surface area contributed by atoms with Gasteiger partial charge < -0.3 is 0 Å². The standard InChI is InChI=1S/C28H28N2.C15H11N3.Cu.2F6P/c1-17-13-19(3)27(20(4)14-17)25-11-7-9-23(29-25)24-10-8-12-26(30-24)28-21(5)15-18(2)16-22(28)6;1-3-10-16-12(6-1)14-8-5-9-15(18-14)13-7-2-4-11-17-13;;2*1-7(2,3,4,5)6/h7-16H,1-6H3;1-11H;;;/q;;+2;2*-1. The molecule has 0 atom stereocenters. The number of halogens is 12. The molecule has 0 spiro atoms. The molecule has 0 aliphatic heterocycles. The quantitative estimate of drug-likeness (QED) is 0.0977. The Bertz CT molecular complexity index is 2440. The van der Waals surface area contributed by atoms with Crippen molar-refractivity contribution in [3.05, 3.63) is 161 Å². The number of hydrogen-bond acceptors (Lipinski definition) is 5. The van der Waals surface area contributed by atoms with Crippen LogP contribution in [0.3, 0.4) is 0 Å². The summed E-state index contributed by atoms with van der Waals surface area (Å²) in [6.07, 6.45) is 3.54.